The van der Waals surface area contributed by atoms with Gasteiger partial charge in [0.15, 0.2) is 17.7 Å². The first kappa shape index (κ1) is 25.5. The zero-order chi connectivity index (χ0) is 23.0. The highest BCUT2D eigenvalue weighted by molar-refractivity contribution is 6.48. The van der Waals surface area contributed by atoms with Crippen LogP contribution in [0.4, 0.5) is 0 Å². The van der Waals surface area contributed by atoms with E-state index in [1.165, 1.54) is 6.92 Å². The Morgan fingerprint density at radius 1 is 1.19 bits per heavy atom. The van der Waals surface area contributed by atoms with E-state index in [0.717, 1.165) is 12.8 Å². The Hall–Kier alpha value is -0.150. The number of carbonyl (C=O) groups is 1. The van der Waals surface area contributed by atoms with Crippen molar-refractivity contribution in [3.63, 3.8) is 0 Å². The fourth-order valence-electron chi connectivity index (χ4n) is 4.00. The molecule has 1 aromatic rings. The average Bonchev–Trinajstić information content (AvgIpc) is 3.15. The molecule has 1 aromatic carbocycles. The van der Waals surface area contributed by atoms with Crippen molar-refractivity contribution in [1.82, 2.24) is 0 Å². The van der Waals surface area contributed by atoms with Crippen molar-refractivity contribution < 1.29 is 28.0 Å². The van der Waals surface area contributed by atoms with Gasteiger partial charge < -0.3 is 18.9 Å². The minimum atomic E-state index is -1.61. The summed E-state index contributed by atoms with van der Waals surface area (Å²) in [6.45, 7) is 6.97. The van der Waals surface area contributed by atoms with E-state index in [1.54, 1.807) is 26.0 Å². The molecule has 6 nitrogen and oxygen atoms in total. The van der Waals surface area contributed by atoms with E-state index >= 15 is 0 Å². The molecular formula is C21H26Cl4O6. The van der Waals surface area contributed by atoms with E-state index in [1.807, 2.05) is 0 Å². The number of rotatable bonds is 9. The number of ether oxygens (including phenoxy) is 4. The fourth-order valence-corrected chi connectivity index (χ4v) is 4.80. The van der Waals surface area contributed by atoms with Gasteiger partial charge >= 0.3 is 0 Å². The third-order valence-electron chi connectivity index (χ3n) is 5.48. The first-order valence-electron chi connectivity index (χ1n) is 10.1. The SMILES string of the molecule is CCCC[C@H](OCl)[C@H]1O[C@]2(C(C)=O)OC(C)(C)O[C@@H]2[C@H]1OCc1ccc(Cl)c(Cl)c1Cl. The van der Waals surface area contributed by atoms with Crippen molar-refractivity contribution in [3.05, 3.63) is 32.8 Å². The van der Waals surface area contributed by atoms with E-state index in [-0.39, 0.29) is 17.4 Å². The van der Waals surface area contributed by atoms with Crippen molar-refractivity contribution >= 4 is 52.5 Å². The number of fused-ring (bicyclic) bond motifs is 1. The molecule has 3 rings (SSSR count). The van der Waals surface area contributed by atoms with E-state index in [4.69, 9.17) is 69.9 Å². The zero-order valence-corrected chi connectivity index (χ0v) is 20.8. The minimum Gasteiger partial charge on any atom is -0.368 e. The Balaban J connectivity index is 1.92. The second kappa shape index (κ2) is 10.00. The number of ketones is 1. The van der Waals surface area contributed by atoms with Gasteiger partial charge in [-0.15, -0.1) is 0 Å². The fraction of sp³-hybridized carbons (Fsp3) is 0.667. The number of hydrogen-bond acceptors (Lipinski definition) is 6. The third kappa shape index (κ3) is 5.03. The summed E-state index contributed by atoms with van der Waals surface area (Å²) in [5, 5.41) is 0.883. The van der Waals surface area contributed by atoms with Crippen molar-refractivity contribution in [2.75, 3.05) is 0 Å². The van der Waals surface area contributed by atoms with Crippen LogP contribution in [0, 0.1) is 0 Å². The highest BCUT2D eigenvalue weighted by Crippen LogP contribution is 2.49. The molecule has 174 valence electrons. The van der Waals surface area contributed by atoms with Gasteiger partial charge in [-0.2, -0.15) is 0 Å². The van der Waals surface area contributed by atoms with Gasteiger partial charge in [-0.1, -0.05) is 60.6 Å². The van der Waals surface area contributed by atoms with Crippen LogP contribution in [0.15, 0.2) is 12.1 Å². The second-order valence-corrected chi connectivity index (χ2v) is 9.57. The quantitative estimate of drug-likeness (QED) is 0.370. The van der Waals surface area contributed by atoms with E-state index in [0.29, 0.717) is 22.0 Å². The molecule has 2 heterocycles. The van der Waals surface area contributed by atoms with Gasteiger partial charge in [0.05, 0.1) is 33.5 Å². The predicted molar refractivity (Wildman–Crippen MR) is 119 cm³/mol. The molecule has 0 spiro atoms. The largest absolute Gasteiger partial charge is 0.368 e. The Kier molecular flexibility index (Phi) is 8.22. The first-order chi connectivity index (χ1) is 14.6. The maximum absolute atomic E-state index is 12.7. The Bertz CT molecular complexity index is 819. The number of carbonyl (C=O) groups excluding carboxylic acids is 1. The molecule has 10 heteroatoms. The maximum Gasteiger partial charge on any atom is 0.261 e. The first-order valence-corrected chi connectivity index (χ1v) is 11.6. The molecule has 0 N–H and O–H groups in total. The van der Waals surface area contributed by atoms with Gasteiger partial charge in [0, 0.05) is 6.92 Å². The summed E-state index contributed by atoms with van der Waals surface area (Å²) in [5.74, 6) is -2.97. The molecule has 5 atom stereocenters. The van der Waals surface area contributed by atoms with Gasteiger partial charge in [0.1, 0.15) is 18.3 Å². The van der Waals surface area contributed by atoms with Crippen LogP contribution in [-0.2, 0) is 34.6 Å². The lowest BCUT2D eigenvalue weighted by Gasteiger charge is -2.30. The lowest BCUT2D eigenvalue weighted by molar-refractivity contribution is -0.262. The number of hydrogen-bond donors (Lipinski definition) is 0. The summed E-state index contributed by atoms with van der Waals surface area (Å²) in [6.07, 6.45) is -0.354. The molecule has 0 unspecified atom stereocenters. The lowest BCUT2D eigenvalue weighted by Crippen LogP contribution is -2.47. The topological polar surface area (TPSA) is 63.2 Å². The molecule has 2 fully saturated rings. The van der Waals surface area contributed by atoms with Gasteiger partial charge in [-0.05, 0) is 31.9 Å². The number of halogens is 4. The van der Waals surface area contributed by atoms with Gasteiger partial charge in [-0.3, -0.25) is 9.08 Å². The number of benzene rings is 1. The summed E-state index contributed by atoms with van der Waals surface area (Å²) in [4.78, 5) is 12.7. The lowest BCUT2D eigenvalue weighted by atomic mass is 9.97. The molecule has 0 saturated carbocycles. The van der Waals surface area contributed by atoms with E-state index in [9.17, 15) is 4.79 Å². The molecule has 2 aliphatic rings. The van der Waals surface area contributed by atoms with Gasteiger partial charge in [0.25, 0.3) is 5.79 Å². The molecule has 0 aromatic heterocycles. The van der Waals surface area contributed by atoms with Crippen LogP contribution in [0.1, 0.15) is 52.5 Å². The summed E-state index contributed by atoms with van der Waals surface area (Å²) >= 11 is 24.3. The highest BCUT2D eigenvalue weighted by Gasteiger charge is 2.69. The molecule has 31 heavy (non-hydrogen) atoms. The van der Waals surface area contributed by atoms with Crippen LogP contribution in [0.25, 0.3) is 0 Å². The van der Waals surface area contributed by atoms with Crippen LogP contribution in [0.2, 0.25) is 15.1 Å². The second-order valence-electron chi connectivity index (χ2n) is 8.23. The monoisotopic (exact) mass is 514 g/mol. The van der Waals surface area contributed by atoms with E-state index in [2.05, 4.69) is 6.92 Å². The van der Waals surface area contributed by atoms with Gasteiger partial charge in [0.2, 0.25) is 0 Å². The maximum atomic E-state index is 12.7. The highest BCUT2D eigenvalue weighted by atomic mass is 35.5. The van der Waals surface area contributed by atoms with Crippen LogP contribution < -0.4 is 0 Å². The van der Waals surface area contributed by atoms with Crippen LogP contribution in [0.3, 0.4) is 0 Å². The molecule has 0 radical (unpaired) electrons. The normalized spacial score (nSPS) is 30.4. The van der Waals surface area contributed by atoms with Crippen LogP contribution >= 0.6 is 46.7 Å². The van der Waals surface area contributed by atoms with Crippen molar-refractivity contribution in [1.29, 1.82) is 0 Å². The summed E-state index contributed by atoms with van der Waals surface area (Å²) in [7, 11) is 0. The molecule has 2 aliphatic heterocycles. The number of Topliss-reactive ketones (excluding diaryl/α,β-unsaturated/α-hetero) is 1. The predicted octanol–water partition coefficient (Wildman–Crippen LogP) is 6.10. The van der Waals surface area contributed by atoms with Crippen molar-refractivity contribution in [2.45, 2.75) is 89.6 Å². The molecule has 0 aliphatic carbocycles. The molecule has 0 amide bonds. The summed E-state index contributed by atoms with van der Waals surface area (Å²) < 4.78 is 29.6. The Morgan fingerprint density at radius 2 is 1.90 bits per heavy atom. The summed E-state index contributed by atoms with van der Waals surface area (Å²) in [5.41, 5.74) is 0.630. The van der Waals surface area contributed by atoms with Crippen molar-refractivity contribution in [3.8, 4) is 0 Å². The Labute approximate surface area is 202 Å². The van der Waals surface area contributed by atoms with E-state index < -0.39 is 36.0 Å². The van der Waals surface area contributed by atoms with Gasteiger partial charge in [-0.25, -0.2) is 0 Å². The van der Waals surface area contributed by atoms with Crippen LogP contribution in [-0.4, -0.2) is 41.8 Å². The minimum absolute atomic E-state index is 0.0807. The Morgan fingerprint density at radius 3 is 2.52 bits per heavy atom. The number of unbranched alkanes of at least 4 members (excludes halogenated alkanes) is 1. The molecule has 0 bridgehead atoms. The molecule has 2 saturated heterocycles. The molecular weight excluding hydrogens is 490 g/mol. The smallest absolute Gasteiger partial charge is 0.261 e. The van der Waals surface area contributed by atoms with Crippen LogP contribution in [0.5, 0.6) is 0 Å². The van der Waals surface area contributed by atoms with Crippen molar-refractivity contribution in [2.24, 2.45) is 0 Å². The summed E-state index contributed by atoms with van der Waals surface area (Å²) in [6, 6.07) is 3.36. The average molecular weight is 516 g/mol. The zero-order valence-electron chi connectivity index (χ0n) is 17.8. The third-order valence-corrected chi connectivity index (χ3v) is 7.04. The standard InChI is InChI=1S/C21H26Cl4O6/c1-5-6-7-14(30-25)17-18(27-10-12-8-9-13(22)16(24)15(12)23)19-21(28-17,11(2)26)31-20(3,4)29-19/h8-9,14,17-19H,5-7,10H2,1-4H3/t14-,17+,18-,19+,21+/m0/s1.